The predicted molar refractivity (Wildman–Crippen MR) is 59.1 cm³/mol. The molecule has 0 aromatic carbocycles. The van der Waals surface area contributed by atoms with Crippen LogP contribution in [0.15, 0.2) is 11.2 Å². The van der Waals surface area contributed by atoms with E-state index in [-0.39, 0.29) is 5.91 Å². The molecule has 5 nitrogen and oxygen atoms in total. The van der Waals surface area contributed by atoms with Crippen molar-refractivity contribution in [2.75, 3.05) is 6.54 Å². The number of amides is 1. The lowest BCUT2D eigenvalue weighted by molar-refractivity contribution is -0.120. The number of thiazole rings is 1. The fourth-order valence-electron chi connectivity index (χ4n) is 1.24. The van der Waals surface area contributed by atoms with Crippen molar-refractivity contribution in [2.45, 2.75) is 13.0 Å². The van der Waals surface area contributed by atoms with Crippen LogP contribution in [0.25, 0.3) is 0 Å². The second kappa shape index (κ2) is 4.16. The molecule has 1 saturated heterocycles. The molecular formula is C8H9ClN4OS. The summed E-state index contributed by atoms with van der Waals surface area (Å²) in [5.74, 6) is 0.354. The zero-order valence-corrected chi connectivity index (χ0v) is 9.52. The first-order valence-electron chi connectivity index (χ1n) is 4.43. The van der Waals surface area contributed by atoms with E-state index in [1.807, 2.05) is 6.92 Å². The van der Waals surface area contributed by atoms with Crippen LogP contribution in [-0.2, 0) is 4.79 Å². The molecule has 0 spiro atoms. The van der Waals surface area contributed by atoms with Gasteiger partial charge in [-0.2, -0.15) is 0 Å². The van der Waals surface area contributed by atoms with Gasteiger partial charge in [0.05, 0.1) is 6.20 Å². The molecule has 1 amide bonds. The number of aliphatic imine (C=N–C) groups is 1. The number of rotatable bonds is 2. The third kappa shape index (κ3) is 2.10. The lowest BCUT2D eigenvalue weighted by atomic mass is 10.3. The third-order valence-corrected chi connectivity index (χ3v) is 3.02. The van der Waals surface area contributed by atoms with Crippen LogP contribution in [0, 0.1) is 0 Å². The van der Waals surface area contributed by atoms with E-state index in [0.717, 1.165) is 0 Å². The summed E-state index contributed by atoms with van der Waals surface area (Å²) in [6.45, 7) is 2.52. The van der Waals surface area contributed by atoms with Gasteiger partial charge >= 0.3 is 0 Å². The minimum Gasteiger partial charge on any atom is -0.338 e. The lowest BCUT2D eigenvalue weighted by Crippen LogP contribution is -2.25. The van der Waals surface area contributed by atoms with E-state index in [9.17, 15) is 4.79 Å². The van der Waals surface area contributed by atoms with E-state index in [1.165, 1.54) is 17.5 Å². The summed E-state index contributed by atoms with van der Waals surface area (Å²) in [6, 6.07) is -0.465. The van der Waals surface area contributed by atoms with Gasteiger partial charge in [0.1, 0.15) is 9.34 Å². The van der Waals surface area contributed by atoms with Gasteiger partial charge in [0.2, 0.25) is 0 Å². The van der Waals surface area contributed by atoms with Crippen LogP contribution in [0.4, 0.5) is 0 Å². The standard InChI is InChI=1S/C8H9ClN4OS/c1-2-10-8-12-5(6(14)13-8)7-11-3-4(9)15-7/h3,5H,2H2,1H3,(H2,10,12,13,14). The SMILES string of the molecule is CCN=C1NC(=O)C(c2ncc(Cl)s2)N1. The molecule has 0 radical (unpaired) electrons. The van der Waals surface area contributed by atoms with Crippen LogP contribution in [0.3, 0.4) is 0 Å². The van der Waals surface area contributed by atoms with Crippen molar-refractivity contribution in [2.24, 2.45) is 4.99 Å². The van der Waals surface area contributed by atoms with Gasteiger partial charge in [-0.25, -0.2) is 4.98 Å². The first-order valence-corrected chi connectivity index (χ1v) is 5.63. The molecule has 80 valence electrons. The number of nitrogens with zero attached hydrogens (tertiary/aromatic N) is 2. The Morgan fingerprint density at radius 1 is 1.73 bits per heavy atom. The molecule has 1 aromatic rings. The summed E-state index contributed by atoms with van der Waals surface area (Å²) in [6.07, 6.45) is 1.53. The van der Waals surface area contributed by atoms with E-state index in [4.69, 9.17) is 11.6 Å². The maximum Gasteiger partial charge on any atom is 0.256 e. The summed E-state index contributed by atoms with van der Waals surface area (Å²) in [7, 11) is 0. The third-order valence-electron chi connectivity index (χ3n) is 1.84. The van der Waals surface area contributed by atoms with Gasteiger partial charge in [-0.1, -0.05) is 11.6 Å². The molecule has 15 heavy (non-hydrogen) atoms. The van der Waals surface area contributed by atoms with Gasteiger partial charge in [0, 0.05) is 6.54 Å². The van der Waals surface area contributed by atoms with Gasteiger partial charge in [-0.05, 0) is 6.92 Å². The summed E-state index contributed by atoms with van der Waals surface area (Å²) in [5, 5.41) is 6.24. The number of carbonyl (C=O) groups excluding carboxylic acids is 1. The maximum atomic E-state index is 11.5. The van der Waals surface area contributed by atoms with Crippen LogP contribution in [-0.4, -0.2) is 23.4 Å². The minimum absolute atomic E-state index is 0.145. The normalized spacial score (nSPS) is 22.9. The zero-order valence-electron chi connectivity index (χ0n) is 7.95. The highest BCUT2D eigenvalue weighted by molar-refractivity contribution is 7.16. The number of carbonyl (C=O) groups is 1. The molecule has 1 aliphatic heterocycles. The molecule has 0 bridgehead atoms. The Morgan fingerprint density at radius 2 is 2.53 bits per heavy atom. The van der Waals surface area contributed by atoms with Gasteiger partial charge < -0.3 is 5.32 Å². The molecule has 1 unspecified atom stereocenters. The van der Waals surface area contributed by atoms with Gasteiger partial charge in [-0.3, -0.25) is 15.1 Å². The Kier molecular flexibility index (Phi) is 2.88. The molecule has 2 rings (SSSR count). The number of nitrogens with one attached hydrogen (secondary N) is 2. The molecule has 1 aromatic heterocycles. The fraction of sp³-hybridized carbons (Fsp3) is 0.375. The largest absolute Gasteiger partial charge is 0.338 e. The van der Waals surface area contributed by atoms with Gasteiger partial charge in [0.15, 0.2) is 12.0 Å². The molecule has 2 heterocycles. The topological polar surface area (TPSA) is 66.4 Å². The van der Waals surface area contributed by atoms with Crippen LogP contribution >= 0.6 is 22.9 Å². The van der Waals surface area contributed by atoms with Gasteiger partial charge in [0.25, 0.3) is 5.91 Å². The number of hydrogen-bond donors (Lipinski definition) is 2. The zero-order chi connectivity index (χ0) is 10.8. The van der Waals surface area contributed by atoms with Crippen molar-refractivity contribution in [3.05, 3.63) is 15.5 Å². The number of aromatic nitrogens is 1. The molecule has 7 heteroatoms. The summed E-state index contributed by atoms with van der Waals surface area (Å²) >= 11 is 7.04. The molecule has 2 N–H and O–H groups in total. The number of halogens is 1. The Labute approximate surface area is 95.6 Å². The molecule has 0 saturated carbocycles. The van der Waals surface area contributed by atoms with E-state index in [2.05, 4.69) is 20.6 Å². The second-order valence-electron chi connectivity index (χ2n) is 2.89. The molecular weight excluding hydrogens is 236 g/mol. The number of guanidine groups is 1. The van der Waals surface area contributed by atoms with Crippen LogP contribution in [0.5, 0.6) is 0 Å². The van der Waals surface area contributed by atoms with E-state index < -0.39 is 6.04 Å². The molecule has 1 fully saturated rings. The molecule has 0 aliphatic carbocycles. The highest BCUT2D eigenvalue weighted by Crippen LogP contribution is 2.25. The first kappa shape index (κ1) is 10.4. The van der Waals surface area contributed by atoms with Crippen molar-refractivity contribution in [3.63, 3.8) is 0 Å². The lowest BCUT2D eigenvalue weighted by Gasteiger charge is -2.01. The average molecular weight is 245 g/mol. The van der Waals surface area contributed by atoms with E-state index in [0.29, 0.717) is 21.8 Å². The smallest absolute Gasteiger partial charge is 0.256 e. The van der Waals surface area contributed by atoms with Crippen molar-refractivity contribution in [1.29, 1.82) is 0 Å². The Hall–Kier alpha value is -1.14. The van der Waals surface area contributed by atoms with Crippen LogP contribution in [0.1, 0.15) is 18.0 Å². The Bertz CT molecular complexity index is 417. The highest BCUT2D eigenvalue weighted by atomic mass is 35.5. The first-order chi connectivity index (χ1) is 7.20. The second-order valence-corrected chi connectivity index (χ2v) is 4.59. The van der Waals surface area contributed by atoms with Crippen molar-refractivity contribution in [1.82, 2.24) is 15.6 Å². The maximum absolute atomic E-state index is 11.5. The monoisotopic (exact) mass is 244 g/mol. The average Bonchev–Trinajstić information content (AvgIpc) is 2.73. The predicted octanol–water partition coefficient (Wildman–Crippen LogP) is 0.933. The van der Waals surface area contributed by atoms with Crippen molar-refractivity contribution >= 4 is 34.8 Å². The summed E-state index contributed by atoms with van der Waals surface area (Å²) < 4.78 is 0.570. The van der Waals surface area contributed by atoms with Gasteiger partial charge in [-0.15, -0.1) is 11.3 Å². The fourth-order valence-corrected chi connectivity index (χ4v) is 2.23. The summed E-state index contributed by atoms with van der Waals surface area (Å²) in [5.41, 5.74) is 0. The van der Waals surface area contributed by atoms with Crippen molar-refractivity contribution < 1.29 is 4.79 Å². The Morgan fingerprint density at radius 3 is 3.13 bits per heavy atom. The van der Waals surface area contributed by atoms with Crippen molar-refractivity contribution in [3.8, 4) is 0 Å². The Balaban J connectivity index is 2.18. The van der Waals surface area contributed by atoms with Crippen LogP contribution < -0.4 is 10.6 Å². The van der Waals surface area contributed by atoms with E-state index in [1.54, 1.807) is 0 Å². The molecule has 1 aliphatic rings. The summed E-state index contributed by atoms with van der Waals surface area (Å²) in [4.78, 5) is 19.7. The van der Waals surface area contributed by atoms with E-state index >= 15 is 0 Å². The minimum atomic E-state index is -0.465. The highest BCUT2D eigenvalue weighted by Gasteiger charge is 2.31. The quantitative estimate of drug-likeness (QED) is 0.814. The number of hydrogen-bond acceptors (Lipinski definition) is 4. The molecule has 1 atom stereocenters. The van der Waals surface area contributed by atoms with Crippen LogP contribution in [0.2, 0.25) is 4.34 Å².